The van der Waals surface area contributed by atoms with E-state index in [4.69, 9.17) is 10.00 Å². The van der Waals surface area contributed by atoms with Gasteiger partial charge in [-0.15, -0.1) is 0 Å². The SMILES string of the molecule is CCCCCCCCNC(=O)C(C#N)=Cc1ccc(OC)c(O)c1. The molecule has 5 nitrogen and oxygen atoms in total. The zero-order valence-corrected chi connectivity index (χ0v) is 14.5. The van der Waals surface area contributed by atoms with Gasteiger partial charge >= 0.3 is 0 Å². The Morgan fingerprint density at radius 2 is 2.00 bits per heavy atom. The Morgan fingerprint density at radius 1 is 1.29 bits per heavy atom. The van der Waals surface area contributed by atoms with Gasteiger partial charge in [0.05, 0.1) is 7.11 Å². The van der Waals surface area contributed by atoms with E-state index in [9.17, 15) is 9.90 Å². The first-order valence-electron chi connectivity index (χ1n) is 8.39. The van der Waals surface area contributed by atoms with Crippen LogP contribution in [0, 0.1) is 11.3 Å². The van der Waals surface area contributed by atoms with Crippen molar-refractivity contribution < 1.29 is 14.6 Å². The van der Waals surface area contributed by atoms with Gasteiger partial charge < -0.3 is 15.2 Å². The van der Waals surface area contributed by atoms with E-state index in [1.165, 1.54) is 44.9 Å². The molecule has 0 aliphatic heterocycles. The minimum atomic E-state index is -0.388. The molecule has 0 radical (unpaired) electrons. The van der Waals surface area contributed by atoms with Crippen molar-refractivity contribution in [1.82, 2.24) is 5.32 Å². The molecule has 2 N–H and O–H groups in total. The number of carbonyl (C=O) groups excluding carboxylic acids is 1. The normalized spacial score (nSPS) is 11.0. The minimum absolute atomic E-state index is 0.0190. The number of nitriles is 1. The Balaban J connectivity index is 2.51. The molecule has 0 saturated heterocycles. The quantitative estimate of drug-likeness (QED) is 0.388. The van der Waals surface area contributed by atoms with Gasteiger partial charge in [-0.1, -0.05) is 45.1 Å². The van der Waals surface area contributed by atoms with Crippen LogP contribution in [0.5, 0.6) is 11.5 Å². The standard InChI is InChI=1S/C19H26N2O3/c1-3-4-5-6-7-8-11-21-19(23)16(14-20)12-15-9-10-18(24-2)17(22)13-15/h9-10,12-13,22H,3-8,11H2,1-2H3,(H,21,23). The van der Waals surface area contributed by atoms with Gasteiger partial charge in [-0.05, 0) is 30.2 Å². The molecule has 1 amide bonds. The van der Waals surface area contributed by atoms with Crippen LogP contribution < -0.4 is 10.1 Å². The third-order valence-electron chi connectivity index (χ3n) is 3.69. The molecule has 0 bridgehead atoms. The molecule has 0 heterocycles. The summed E-state index contributed by atoms with van der Waals surface area (Å²) >= 11 is 0. The molecule has 1 rings (SSSR count). The van der Waals surface area contributed by atoms with Crippen LogP contribution >= 0.6 is 0 Å². The summed E-state index contributed by atoms with van der Waals surface area (Å²) in [5.74, 6) is -0.0735. The number of ether oxygens (including phenoxy) is 1. The number of phenols is 1. The van der Waals surface area contributed by atoms with Gasteiger partial charge in [-0.25, -0.2) is 0 Å². The first-order chi connectivity index (χ1) is 11.6. The maximum absolute atomic E-state index is 12.0. The number of benzene rings is 1. The smallest absolute Gasteiger partial charge is 0.261 e. The number of hydrogen-bond donors (Lipinski definition) is 2. The van der Waals surface area contributed by atoms with Crippen molar-refractivity contribution in [3.05, 3.63) is 29.3 Å². The van der Waals surface area contributed by atoms with E-state index in [0.717, 1.165) is 12.8 Å². The molecular formula is C19H26N2O3. The van der Waals surface area contributed by atoms with Crippen molar-refractivity contribution in [3.8, 4) is 17.6 Å². The Bertz CT molecular complexity index is 603. The van der Waals surface area contributed by atoms with Crippen molar-refractivity contribution >= 4 is 12.0 Å². The van der Waals surface area contributed by atoms with Gasteiger partial charge in [0.2, 0.25) is 0 Å². The average molecular weight is 330 g/mol. The third-order valence-corrected chi connectivity index (χ3v) is 3.69. The van der Waals surface area contributed by atoms with Crippen LogP contribution in [-0.2, 0) is 4.79 Å². The van der Waals surface area contributed by atoms with Crippen LogP contribution in [0.3, 0.4) is 0 Å². The van der Waals surface area contributed by atoms with E-state index >= 15 is 0 Å². The van der Waals surface area contributed by atoms with E-state index in [1.807, 2.05) is 6.07 Å². The summed E-state index contributed by atoms with van der Waals surface area (Å²) < 4.78 is 4.96. The topological polar surface area (TPSA) is 82.4 Å². The van der Waals surface area contributed by atoms with Gasteiger partial charge in [-0.2, -0.15) is 5.26 Å². The van der Waals surface area contributed by atoms with Crippen LogP contribution in [0.1, 0.15) is 51.0 Å². The van der Waals surface area contributed by atoms with Crippen molar-refractivity contribution in [2.24, 2.45) is 0 Å². The summed E-state index contributed by atoms with van der Waals surface area (Å²) in [6, 6.07) is 6.62. The van der Waals surface area contributed by atoms with Crippen LogP contribution in [-0.4, -0.2) is 24.7 Å². The first kappa shape index (κ1) is 19.6. The number of aromatic hydroxyl groups is 1. The van der Waals surface area contributed by atoms with Crippen LogP contribution in [0.2, 0.25) is 0 Å². The molecular weight excluding hydrogens is 304 g/mol. The number of unbranched alkanes of at least 4 members (excludes halogenated alkanes) is 5. The molecule has 0 fully saturated rings. The number of nitrogens with zero attached hydrogens (tertiary/aromatic N) is 1. The van der Waals surface area contributed by atoms with Gasteiger partial charge in [0.15, 0.2) is 11.5 Å². The molecule has 0 saturated carbocycles. The number of amides is 1. The zero-order chi connectivity index (χ0) is 17.8. The molecule has 0 aromatic heterocycles. The fraction of sp³-hybridized carbons (Fsp3) is 0.474. The van der Waals surface area contributed by atoms with Crippen molar-refractivity contribution in [2.45, 2.75) is 45.4 Å². The van der Waals surface area contributed by atoms with Crippen molar-refractivity contribution in [2.75, 3.05) is 13.7 Å². The summed E-state index contributed by atoms with van der Waals surface area (Å²) in [4.78, 5) is 12.0. The van der Waals surface area contributed by atoms with Gasteiger partial charge in [0.25, 0.3) is 5.91 Å². The highest BCUT2D eigenvalue weighted by molar-refractivity contribution is 6.01. The second kappa shape index (κ2) is 11.1. The molecule has 0 atom stereocenters. The average Bonchev–Trinajstić information content (AvgIpc) is 2.58. The van der Waals surface area contributed by atoms with E-state index in [1.54, 1.807) is 12.1 Å². The van der Waals surface area contributed by atoms with Gasteiger partial charge in [0.1, 0.15) is 11.6 Å². The lowest BCUT2D eigenvalue weighted by Gasteiger charge is -2.06. The number of carbonyl (C=O) groups is 1. The second-order valence-corrected chi connectivity index (χ2v) is 5.62. The number of hydrogen-bond acceptors (Lipinski definition) is 4. The number of methoxy groups -OCH3 is 1. The Kier molecular flexibility index (Phi) is 9.06. The highest BCUT2D eigenvalue weighted by Crippen LogP contribution is 2.27. The van der Waals surface area contributed by atoms with Crippen molar-refractivity contribution in [1.29, 1.82) is 5.26 Å². The predicted molar refractivity (Wildman–Crippen MR) is 94.6 cm³/mol. The zero-order valence-electron chi connectivity index (χ0n) is 14.5. The third kappa shape index (κ3) is 6.74. The second-order valence-electron chi connectivity index (χ2n) is 5.62. The van der Waals surface area contributed by atoms with Crippen LogP contribution in [0.15, 0.2) is 23.8 Å². The predicted octanol–water partition coefficient (Wildman–Crippen LogP) is 3.78. The van der Waals surface area contributed by atoms with Gasteiger partial charge in [-0.3, -0.25) is 4.79 Å². The summed E-state index contributed by atoms with van der Waals surface area (Å²) in [6.07, 6.45) is 8.33. The van der Waals surface area contributed by atoms with E-state index in [2.05, 4.69) is 12.2 Å². The fourth-order valence-corrected chi connectivity index (χ4v) is 2.31. The highest BCUT2D eigenvalue weighted by Gasteiger charge is 2.09. The van der Waals surface area contributed by atoms with Crippen LogP contribution in [0.25, 0.3) is 6.08 Å². The fourth-order valence-electron chi connectivity index (χ4n) is 2.31. The molecule has 130 valence electrons. The number of nitrogens with one attached hydrogen (secondary N) is 1. The van der Waals surface area contributed by atoms with Gasteiger partial charge in [0, 0.05) is 6.54 Å². The molecule has 1 aromatic rings. The molecule has 0 spiro atoms. The highest BCUT2D eigenvalue weighted by atomic mass is 16.5. The molecule has 5 heteroatoms. The van der Waals surface area contributed by atoms with Crippen LogP contribution in [0.4, 0.5) is 0 Å². The number of phenolic OH excluding ortho intramolecular Hbond substituents is 1. The lowest BCUT2D eigenvalue weighted by molar-refractivity contribution is -0.117. The van der Waals surface area contributed by atoms with E-state index in [0.29, 0.717) is 17.9 Å². The molecule has 0 aliphatic carbocycles. The molecule has 0 unspecified atom stereocenters. The van der Waals surface area contributed by atoms with Crippen molar-refractivity contribution in [3.63, 3.8) is 0 Å². The lowest BCUT2D eigenvalue weighted by Crippen LogP contribution is -2.25. The van der Waals surface area contributed by atoms with E-state index in [-0.39, 0.29) is 17.2 Å². The Morgan fingerprint density at radius 3 is 2.62 bits per heavy atom. The molecule has 1 aromatic carbocycles. The monoisotopic (exact) mass is 330 g/mol. The Labute approximate surface area is 143 Å². The van der Waals surface area contributed by atoms with E-state index < -0.39 is 0 Å². The summed E-state index contributed by atoms with van der Waals surface area (Å²) in [6.45, 7) is 2.75. The maximum Gasteiger partial charge on any atom is 0.261 e. The summed E-state index contributed by atoms with van der Waals surface area (Å²) in [7, 11) is 1.46. The maximum atomic E-state index is 12.0. The molecule has 24 heavy (non-hydrogen) atoms. The minimum Gasteiger partial charge on any atom is -0.504 e. The molecule has 0 aliphatic rings. The first-order valence-corrected chi connectivity index (χ1v) is 8.39. The lowest BCUT2D eigenvalue weighted by atomic mass is 10.1. The summed E-state index contributed by atoms with van der Waals surface area (Å²) in [5.41, 5.74) is 0.588. The largest absolute Gasteiger partial charge is 0.504 e. The summed E-state index contributed by atoms with van der Waals surface area (Å²) in [5, 5.41) is 21.7. The number of rotatable bonds is 10. The Hall–Kier alpha value is -2.48.